The second-order valence-corrected chi connectivity index (χ2v) is 6.58. The number of nitrogens with one attached hydrogen (secondary N) is 1. The van der Waals surface area contributed by atoms with E-state index in [4.69, 9.17) is 0 Å². The summed E-state index contributed by atoms with van der Waals surface area (Å²) in [6.07, 6.45) is 2.98. The van der Waals surface area contributed by atoms with Crippen molar-refractivity contribution in [2.24, 2.45) is 7.05 Å². The minimum absolute atomic E-state index is 0.895. The van der Waals surface area contributed by atoms with E-state index < -0.39 is 0 Å². The van der Waals surface area contributed by atoms with Gasteiger partial charge >= 0.3 is 0 Å². The highest BCUT2D eigenvalue weighted by atomic mass is 32.1. The molecule has 2 aromatic heterocycles. The molecular weight excluding hydrogens is 280 g/mol. The van der Waals surface area contributed by atoms with Crippen LogP contribution in [-0.2, 0) is 20.0 Å². The lowest BCUT2D eigenvalue weighted by Gasteiger charge is -2.05. The third-order valence-electron chi connectivity index (χ3n) is 3.80. The van der Waals surface area contributed by atoms with Gasteiger partial charge in [-0.25, -0.2) is 4.98 Å². The molecule has 21 heavy (non-hydrogen) atoms. The van der Waals surface area contributed by atoms with Crippen LogP contribution in [0.5, 0.6) is 0 Å². The summed E-state index contributed by atoms with van der Waals surface area (Å²) in [5.41, 5.74) is 4.98. The van der Waals surface area contributed by atoms with Crippen molar-refractivity contribution in [3.63, 3.8) is 0 Å². The first-order chi connectivity index (χ1) is 10.1. The molecule has 3 aromatic rings. The van der Waals surface area contributed by atoms with Gasteiger partial charge < -0.3 is 5.32 Å². The molecule has 110 valence electrons. The van der Waals surface area contributed by atoms with E-state index in [1.807, 2.05) is 17.9 Å². The van der Waals surface area contributed by atoms with E-state index in [2.05, 4.69) is 47.4 Å². The highest BCUT2D eigenvalue weighted by Crippen LogP contribution is 2.22. The van der Waals surface area contributed by atoms with Gasteiger partial charge in [-0.3, -0.25) is 4.68 Å². The van der Waals surface area contributed by atoms with Gasteiger partial charge in [-0.2, -0.15) is 5.10 Å². The highest BCUT2D eigenvalue weighted by molar-refractivity contribution is 7.18. The van der Waals surface area contributed by atoms with Crippen molar-refractivity contribution in [1.29, 1.82) is 0 Å². The fourth-order valence-corrected chi connectivity index (χ4v) is 3.33. The van der Waals surface area contributed by atoms with Crippen molar-refractivity contribution in [3.05, 3.63) is 46.2 Å². The van der Waals surface area contributed by atoms with Crippen molar-refractivity contribution in [2.45, 2.75) is 26.8 Å². The minimum Gasteiger partial charge on any atom is -0.312 e. The van der Waals surface area contributed by atoms with Crippen LogP contribution in [0.15, 0.2) is 24.4 Å². The fraction of sp³-hybridized carbons (Fsp3) is 0.375. The van der Waals surface area contributed by atoms with Gasteiger partial charge in [0.1, 0.15) is 0 Å². The average molecular weight is 300 g/mol. The van der Waals surface area contributed by atoms with Crippen LogP contribution in [0.2, 0.25) is 0 Å². The number of nitrogens with zero attached hydrogens (tertiary/aromatic N) is 3. The van der Waals surface area contributed by atoms with E-state index in [1.54, 1.807) is 11.3 Å². The summed E-state index contributed by atoms with van der Waals surface area (Å²) in [4.78, 5) is 4.49. The average Bonchev–Trinajstić information content (AvgIpc) is 2.98. The Hall–Kier alpha value is -1.72. The van der Waals surface area contributed by atoms with Crippen molar-refractivity contribution in [2.75, 3.05) is 6.54 Å². The molecule has 0 fully saturated rings. The lowest BCUT2D eigenvalue weighted by atomic mass is 10.2. The largest absolute Gasteiger partial charge is 0.312 e. The smallest absolute Gasteiger partial charge is 0.0907 e. The van der Waals surface area contributed by atoms with Crippen molar-refractivity contribution < 1.29 is 0 Å². The third-order valence-corrected chi connectivity index (χ3v) is 4.73. The number of aromatic nitrogens is 3. The predicted octanol–water partition coefficient (Wildman–Crippen LogP) is 2.98. The fourth-order valence-electron chi connectivity index (χ4n) is 2.44. The van der Waals surface area contributed by atoms with Gasteiger partial charge in [-0.15, -0.1) is 11.3 Å². The van der Waals surface area contributed by atoms with Crippen LogP contribution in [-0.4, -0.2) is 21.3 Å². The summed E-state index contributed by atoms with van der Waals surface area (Å²) in [7, 11) is 1.98. The maximum absolute atomic E-state index is 4.49. The van der Waals surface area contributed by atoms with Gasteiger partial charge in [0.05, 0.1) is 21.4 Å². The molecule has 0 aliphatic carbocycles. The van der Waals surface area contributed by atoms with Crippen molar-refractivity contribution in [1.82, 2.24) is 20.1 Å². The molecule has 1 N–H and O–H groups in total. The molecule has 0 unspecified atom stereocenters. The van der Waals surface area contributed by atoms with Crippen LogP contribution in [0.1, 0.15) is 21.8 Å². The van der Waals surface area contributed by atoms with Gasteiger partial charge in [-0.05, 0) is 50.1 Å². The Labute approximate surface area is 128 Å². The molecule has 0 spiro atoms. The van der Waals surface area contributed by atoms with E-state index in [0.29, 0.717) is 0 Å². The Kier molecular flexibility index (Phi) is 4.03. The Balaban J connectivity index is 1.55. The molecule has 0 saturated heterocycles. The number of aryl methyl sites for hydroxylation is 2. The number of hydrogen-bond donors (Lipinski definition) is 1. The van der Waals surface area contributed by atoms with Crippen LogP contribution in [0.25, 0.3) is 10.2 Å². The van der Waals surface area contributed by atoms with Crippen LogP contribution < -0.4 is 5.32 Å². The van der Waals surface area contributed by atoms with Crippen LogP contribution in [0, 0.1) is 13.8 Å². The second-order valence-electron chi connectivity index (χ2n) is 5.34. The van der Waals surface area contributed by atoms with Crippen molar-refractivity contribution >= 4 is 21.6 Å². The molecule has 1 aromatic carbocycles. The molecule has 3 rings (SSSR count). The van der Waals surface area contributed by atoms with Gasteiger partial charge in [-0.1, -0.05) is 6.07 Å². The normalized spacial score (nSPS) is 11.4. The number of thiazole rings is 1. The number of fused-ring (bicyclic) bond motifs is 1. The highest BCUT2D eigenvalue weighted by Gasteiger charge is 2.04. The Morgan fingerprint density at radius 3 is 2.90 bits per heavy atom. The summed E-state index contributed by atoms with van der Waals surface area (Å²) in [5.74, 6) is 0. The van der Waals surface area contributed by atoms with Crippen LogP contribution in [0.3, 0.4) is 0 Å². The summed E-state index contributed by atoms with van der Waals surface area (Å²) in [6, 6.07) is 6.51. The summed E-state index contributed by atoms with van der Waals surface area (Å²) in [5, 5.41) is 8.91. The van der Waals surface area contributed by atoms with Crippen LogP contribution >= 0.6 is 11.3 Å². The van der Waals surface area contributed by atoms with Gasteiger partial charge in [0.15, 0.2) is 0 Å². The molecule has 0 aliphatic rings. The van der Waals surface area contributed by atoms with E-state index in [-0.39, 0.29) is 0 Å². The first kappa shape index (κ1) is 14.2. The number of hydrogen-bond acceptors (Lipinski definition) is 4. The second kappa shape index (κ2) is 5.95. The van der Waals surface area contributed by atoms with E-state index in [1.165, 1.54) is 21.5 Å². The summed E-state index contributed by atoms with van der Waals surface area (Å²) in [6.45, 7) is 6.03. The molecule has 4 nitrogen and oxygen atoms in total. The Morgan fingerprint density at radius 1 is 1.29 bits per heavy atom. The van der Waals surface area contributed by atoms with E-state index in [0.717, 1.165) is 30.0 Å². The maximum atomic E-state index is 4.49. The first-order valence-corrected chi connectivity index (χ1v) is 7.99. The molecule has 0 saturated carbocycles. The molecule has 0 amide bonds. The van der Waals surface area contributed by atoms with Gasteiger partial charge in [0.2, 0.25) is 0 Å². The van der Waals surface area contributed by atoms with E-state index >= 15 is 0 Å². The topological polar surface area (TPSA) is 42.7 Å². The van der Waals surface area contributed by atoms with Gasteiger partial charge in [0, 0.05) is 19.3 Å². The summed E-state index contributed by atoms with van der Waals surface area (Å²) >= 11 is 1.76. The molecule has 0 aliphatic heterocycles. The molecule has 0 bridgehead atoms. The lowest BCUT2D eigenvalue weighted by molar-refractivity contribution is 0.683. The molecule has 2 heterocycles. The monoisotopic (exact) mass is 300 g/mol. The number of rotatable bonds is 5. The molecule has 0 radical (unpaired) electrons. The number of benzene rings is 1. The quantitative estimate of drug-likeness (QED) is 0.737. The lowest BCUT2D eigenvalue weighted by Crippen LogP contribution is -2.16. The minimum atomic E-state index is 0.895. The summed E-state index contributed by atoms with van der Waals surface area (Å²) < 4.78 is 3.20. The van der Waals surface area contributed by atoms with Crippen molar-refractivity contribution in [3.8, 4) is 0 Å². The zero-order valence-electron chi connectivity index (χ0n) is 12.7. The molecule has 0 atom stereocenters. The first-order valence-electron chi connectivity index (χ1n) is 7.18. The zero-order chi connectivity index (χ0) is 14.8. The van der Waals surface area contributed by atoms with Gasteiger partial charge in [0.25, 0.3) is 0 Å². The van der Waals surface area contributed by atoms with Crippen LogP contribution in [0.4, 0.5) is 0 Å². The third kappa shape index (κ3) is 3.14. The van der Waals surface area contributed by atoms with E-state index in [9.17, 15) is 0 Å². The molecule has 5 heteroatoms. The maximum Gasteiger partial charge on any atom is 0.0907 e. The Morgan fingerprint density at radius 2 is 2.14 bits per heavy atom. The molecular formula is C16H20N4S. The SMILES string of the molecule is Cc1nc2ccc(CNCCc3cnn(C)c3C)cc2s1. The zero-order valence-corrected chi connectivity index (χ0v) is 13.5. The standard InChI is InChI=1S/C16H20N4S/c1-11-14(10-18-20(11)3)6-7-17-9-13-4-5-15-16(8-13)21-12(2)19-15/h4-5,8,10,17H,6-7,9H2,1-3H3. The Bertz CT molecular complexity index is 757. The predicted molar refractivity (Wildman–Crippen MR) is 87.7 cm³/mol.